The van der Waals surface area contributed by atoms with Gasteiger partial charge in [-0.2, -0.15) is 0 Å². The molecule has 3 heterocycles. The third kappa shape index (κ3) is 5.55. The Morgan fingerprint density at radius 3 is 2.53 bits per heavy atom. The van der Waals surface area contributed by atoms with Gasteiger partial charge in [0.2, 0.25) is 5.91 Å². The van der Waals surface area contributed by atoms with Gasteiger partial charge in [-0.3, -0.25) is 9.59 Å². The Balaban J connectivity index is 1.52. The summed E-state index contributed by atoms with van der Waals surface area (Å²) in [6.45, 7) is 13.5. The summed E-state index contributed by atoms with van der Waals surface area (Å²) in [5, 5.41) is 5.27. The van der Waals surface area contributed by atoms with Gasteiger partial charge in [0.05, 0.1) is 12.0 Å². The van der Waals surface area contributed by atoms with Crippen LogP contribution in [0.4, 0.5) is 0 Å². The molecule has 0 saturated carbocycles. The zero-order valence-corrected chi connectivity index (χ0v) is 21.8. The minimum absolute atomic E-state index is 0.0208. The molecule has 2 aliphatic rings. The van der Waals surface area contributed by atoms with Crippen LogP contribution >= 0.6 is 11.3 Å². The number of thiophene rings is 1. The van der Waals surface area contributed by atoms with Crippen molar-refractivity contribution in [3.8, 4) is 0 Å². The van der Waals surface area contributed by atoms with Gasteiger partial charge >= 0.3 is 0 Å². The lowest BCUT2D eigenvalue weighted by atomic mass is 9.81. The monoisotopic (exact) mass is 481 g/mol. The maximum absolute atomic E-state index is 13.7. The summed E-state index contributed by atoms with van der Waals surface area (Å²) in [5.74, 6) is 1.45. The van der Waals surface area contributed by atoms with E-state index in [0.29, 0.717) is 24.6 Å². The van der Waals surface area contributed by atoms with E-state index in [0.717, 1.165) is 48.3 Å². The molecular weight excluding hydrogens is 442 g/mol. The first-order chi connectivity index (χ1) is 16.3. The maximum atomic E-state index is 13.7. The lowest BCUT2D eigenvalue weighted by Gasteiger charge is -2.42. The van der Waals surface area contributed by atoms with Crippen LogP contribution in [-0.2, 0) is 4.79 Å². The molecule has 0 radical (unpaired) electrons. The highest BCUT2D eigenvalue weighted by Crippen LogP contribution is 2.44. The van der Waals surface area contributed by atoms with Gasteiger partial charge in [-0.15, -0.1) is 11.3 Å². The molecule has 4 atom stereocenters. The number of piperidine rings is 1. The first-order valence-corrected chi connectivity index (χ1v) is 13.7. The van der Waals surface area contributed by atoms with Gasteiger partial charge in [0.1, 0.15) is 0 Å². The smallest absolute Gasteiger partial charge is 0.254 e. The van der Waals surface area contributed by atoms with Crippen LogP contribution in [0.5, 0.6) is 0 Å². The Kier molecular flexibility index (Phi) is 8.10. The first kappa shape index (κ1) is 24.9. The minimum Gasteiger partial charge on any atom is -0.355 e. The molecule has 2 aliphatic heterocycles. The molecule has 1 saturated heterocycles. The van der Waals surface area contributed by atoms with Gasteiger partial charge in [0, 0.05) is 36.6 Å². The number of hydrogen-bond acceptors (Lipinski definition) is 4. The van der Waals surface area contributed by atoms with Gasteiger partial charge in [-0.25, -0.2) is 0 Å². The van der Waals surface area contributed by atoms with Crippen molar-refractivity contribution in [2.45, 2.75) is 52.5 Å². The molecule has 0 bridgehead atoms. The molecule has 34 heavy (non-hydrogen) atoms. The third-order valence-corrected chi connectivity index (χ3v) is 7.96. The van der Waals surface area contributed by atoms with Crippen LogP contribution in [0, 0.1) is 17.8 Å². The van der Waals surface area contributed by atoms with Crippen LogP contribution in [-0.4, -0.2) is 54.3 Å². The molecule has 1 fully saturated rings. The Bertz CT molecular complexity index is 964. The number of fused-ring (bicyclic) bond motifs is 1. The van der Waals surface area contributed by atoms with Crippen LogP contribution in [0.25, 0.3) is 0 Å². The average molecular weight is 482 g/mol. The summed E-state index contributed by atoms with van der Waals surface area (Å²) < 4.78 is 0. The fourth-order valence-electron chi connectivity index (χ4n) is 5.84. The molecule has 6 heteroatoms. The van der Waals surface area contributed by atoms with E-state index < -0.39 is 5.92 Å². The van der Waals surface area contributed by atoms with E-state index in [1.165, 1.54) is 6.42 Å². The molecule has 2 aromatic rings. The summed E-state index contributed by atoms with van der Waals surface area (Å²) in [6, 6.07) is 11.5. The predicted molar refractivity (Wildman–Crippen MR) is 139 cm³/mol. The highest BCUT2D eigenvalue weighted by Gasteiger charge is 2.44. The highest BCUT2D eigenvalue weighted by molar-refractivity contribution is 7.10. The molecule has 1 aromatic carbocycles. The fourth-order valence-corrected chi connectivity index (χ4v) is 6.72. The van der Waals surface area contributed by atoms with Gasteiger partial charge in [0.15, 0.2) is 0 Å². The van der Waals surface area contributed by atoms with Crippen LogP contribution in [0.1, 0.15) is 73.3 Å². The van der Waals surface area contributed by atoms with Crippen molar-refractivity contribution in [1.82, 2.24) is 15.1 Å². The fraction of sp³-hybridized carbons (Fsp3) is 0.571. The minimum atomic E-state index is -0.402. The van der Waals surface area contributed by atoms with Gasteiger partial charge in [-0.05, 0) is 60.2 Å². The second-order valence-electron chi connectivity index (χ2n) is 10.7. The van der Waals surface area contributed by atoms with E-state index in [-0.39, 0.29) is 17.9 Å². The Labute approximate surface area is 208 Å². The van der Waals surface area contributed by atoms with Crippen LogP contribution in [0.15, 0.2) is 41.8 Å². The number of rotatable bonds is 8. The van der Waals surface area contributed by atoms with Gasteiger partial charge in [0.25, 0.3) is 5.91 Å². The van der Waals surface area contributed by atoms with Gasteiger partial charge in [-0.1, -0.05) is 52.0 Å². The number of hydrogen-bond donors (Lipinski definition) is 1. The average Bonchev–Trinajstić information content (AvgIpc) is 3.32. The summed E-state index contributed by atoms with van der Waals surface area (Å²) in [7, 11) is 0. The number of carbonyl (C=O) groups is 2. The molecule has 0 unspecified atom stereocenters. The Morgan fingerprint density at radius 2 is 1.85 bits per heavy atom. The van der Waals surface area contributed by atoms with Crippen molar-refractivity contribution in [3.05, 3.63) is 57.8 Å². The number of carbonyl (C=O) groups excluding carboxylic acids is 2. The topological polar surface area (TPSA) is 52.7 Å². The first-order valence-electron chi connectivity index (χ1n) is 12.8. The molecular formula is C28H39N3O2S. The highest BCUT2D eigenvalue weighted by atomic mass is 32.1. The number of likely N-dealkylation sites (tertiary alicyclic amines) is 1. The van der Waals surface area contributed by atoms with Crippen molar-refractivity contribution in [1.29, 1.82) is 0 Å². The van der Waals surface area contributed by atoms with Crippen molar-refractivity contribution in [3.63, 3.8) is 0 Å². The van der Waals surface area contributed by atoms with Crippen molar-refractivity contribution in [2.75, 3.05) is 32.7 Å². The zero-order chi connectivity index (χ0) is 24.2. The maximum Gasteiger partial charge on any atom is 0.254 e. The van der Waals surface area contributed by atoms with Crippen molar-refractivity contribution < 1.29 is 9.59 Å². The van der Waals surface area contributed by atoms with E-state index in [1.54, 1.807) is 11.3 Å². The molecule has 0 spiro atoms. The Hall–Kier alpha value is -2.18. The summed E-state index contributed by atoms with van der Waals surface area (Å²) in [6.07, 6.45) is 2.25. The Morgan fingerprint density at radius 1 is 1.12 bits per heavy atom. The second-order valence-corrected chi connectivity index (χ2v) is 11.7. The molecule has 5 nitrogen and oxygen atoms in total. The normalized spacial score (nSPS) is 25.4. The lowest BCUT2D eigenvalue weighted by molar-refractivity contribution is -0.124. The largest absolute Gasteiger partial charge is 0.355 e. The quantitative estimate of drug-likeness (QED) is 0.529. The number of nitrogens with zero attached hydrogens (tertiary/aromatic N) is 2. The van der Waals surface area contributed by atoms with Crippen molar-refractivity contribution >= 4 is 23.2 Å². The van der Waals surface area contributed by atoms with Crippen LogP contribution in [0.2, 0.25) is 0 Å². The summed E-state index contributed by atoms with van der Waals surface area (Å²) >= 11 is 1.63. The van der Waals surface area contributed by atoms with E-state index in [4.69, 9.17) is 0 Å². The molecule has 1 N–H and O–H groups in total. The molecule has 1 aromatic heterocycles. The predicted octanol–water partition coefficient (Wildman–Crippen LogP) is 5.17. The van der Waals surface area contributed by atoms with E-state index in [2.05, 4.69) is 44.0 Å². The summed E-state index contributed by atoms with van der Waals surface area (Å²) in [5.41, 5.74) is 1.51. The van der Waals surface area contributed by atoms with Gasteiger partial charge < -0.3 is 15.1 Å². The SMILES string of the molecule is CC(C)CN1C(=O)c2ccccc2[C@H](C(=O)NCCCN2C[C@H](C)C[C@H](C)C2)[C@@H]1c1cccs1. The number of nitrogens with one attached hydrogen (secondary N) is 1. The zero-order valence-electron chi connectivity index (χ0n) is 21.0. The third-order valence-electron chi connectivity index (χ3n) is 7.01. The molecule has 4 rings (SSSR count). The van der Waals surface area contributed by atoms with Crippen molar-refractivity contribution in [2.24, 2.45) is 17.8 Å². The van der Waals surface area contributed by atoms with E-state index in [1.807, 2.05) is 40.6 Å². The van der Waals surface area contributed by atoms with E-state index in [9.17, 15) is 9.59 Å². The lowest BCUT2D eigenvalue weighted by Crippen LogP contribution is -2.48. The molecule has 184 valence electrons. The number of amides is 2. The van der Waals surface area contributed by atoms with Crippen LogP contribution < -0.4 is 5.32 Å². The molecule has 0 aliphatic carbocycles. The van der Waals surface area contributed by atoms with Crippen LogP contribution in [0.3, 0.4) is 0 Å². The summed E-state index contributed by atoms with van der Waals surface area (Å²) in [4.78, 5) is 32.7. The standard InChI is InChI=1S/C28H39N3O2S/c1-19(2)16-31-26(24-11-7-14-34-24)25(22-9-5-6-10-23(22)28(31)33)27(32)29-12-8-13-30-17-20(3)15-21(4)18-30/h5-7,9-11,14,19-21,25-26H,8,12-13,15-18H2,1-4H3,(H,29,32)/t20-,21+,25-,26-/m0/s1. The van der Waals surface area contributed by atoms with E-state index >= 15 is 0 Å². The number of benzene rings is 1. The molecule has 2 amide bonds. The second kappa shape index (κ2) is 11.0.